The average Bonchev–Trinajstić information content (AvgIpc) is 3.42. The molecule has 3 aliphatic rings. The van der Waals surface area contributed by atoms with Gasteiger partial charge in [-0.25, -0.2) is 0 Å². The first kappa shape index (κ1) is 24.1. The van der Waals surface area contributed by atoms with Crippen molar-refractivity contribution in [2.75, 3.05) is 49.6 Å². The number of carbonyl (C=O) groups is 3. The standard InChI is InChI=1S/C27H32N4O5/c32-25(29-21-10-4-3-9-20(21)26(33)28-19-7-1-2-8-19)18-31-17-24(27(34)30-13-15-35-16-14-30)36-23-12-6-5-11-22(23)31/h3-6,9-12,19,24H,1-2,7-8,13-18H2,(H,28,33)(H,29,32)/t24-/m0/s1. The van der Waals surface area contributed by atoms with Gasteiger partial charge in [-0.15, -0.1) is 0 Å². The molecular formula is C27H32N4O5. The lowest BCUT2D eigenvalue weighted by molar-refractivity contribution is -0.142. The van der Waals surface area contributed by atoms with Gasteiger partial charge >= 0.3 is 0 Å². The van der Waals surface area contributed by atoms with E-state index in [9.17, 15) is 14.4 Å². The number of rotatable bonds is 6. The lowest BCUT2D eigenvalue weighted by atomic mass is 10.1. The average molecular weight is 493 g/mol. The molecule has 36 heavy (non-hydrogen) atoms. The van der Waals surface area contributed by atoms with Crippen molar-refractivity contribution in [1.82, 2.24) is 10.2 Å². The molecule has 9 nitrogen and oxygen atoms in total. The summed E-state index contributed by atoms with van der Waals surface area (Å²) in [6.07, 6.45) is 3.51. The zero-order chi connectivity index (χ0) is 24.9. The molecule has 0 radical (unpaired) electrons. The van der Waals surface area contributed by atoms with E-state index in [-0.39, 0.29) is 36.9 Å². The molecule has 0 aromatic heterocycles. The Morgan fingerprint density at radius 2 is 1.67 bits per heavy atom. The molecule has 2 aromatic rings. The highest BCUT2D eigenvalue weighted by molar-refractivity contribution is 6.04. The molecule has 9 heteroatoms. The smallest absolute Gasteiger partial charge is 0.265 e. The fraction of sp³-hybridized carbons (Fsp3) is 0.444. The second kappa shape index (κ2) is 11.0. The predicted octanol–water partition coefficient (Wildman–Crippen LogP) is 2.42. The Kier molecular flexibility index (Phi) is 7.36. The van der Waals surface area contributed by atoms with Crippen molar-refractivity contribution in [2.45, 2.75) is 37.8 Å². The number of morpholine rings is 1. The molecule has 2 heterocycles. The van der Waals surface area contributed by atoms with E-state index in [1.54, 1.807) is 29.2 Å². The maximum absolute atomic E-state index is 13.2. The molecule has 0 bridgehead atoms. The highest BCUT2D eigenvalue weighted by Crippen LogP contribution is 2.33. The summed E-state index contributed by atoms with van der Waals surface area (Å²) in [7, 11) is 0. The number of nitrogens with zero attached hydrogens (tertiary/aromatic N) is 2. The first-order valence-electron chi connectivity index (χ1n) is 12.7. The van der Waals surface area contributed by atoms with E-state index in [1.807, 2.05) is 29.2 Å². The quantitative estimate of drug-likeness (QED) is 0.643. The van der Waals surface area contributed by atoms with Crippen LogP contribution in [0.2, 0.25) is 0 Å². The van der Waals surface area contributed by atoms with Crippen LogP contribution in [-0.2, 0) is 14.3 Å². The monoisotopic (exact) mass is 492 g/mol. The van der Waals surface area contributed by atoms with E-state index in [0.29, 0.717) is 43.3 Å². The minimum atomic E-state index is -0.713. The number of hydrogen-bond donors (Lipinski definition) is 2. The Morgan fingerprint density at radius 3 is 2.47 bits per heavy atom. The second-order valence-electron chi connectivity index (χ2n) is 9.44. The minimum absolute atomic E-state index is 0.0197. The van der Waals surface area contributed by atoms with Gasteiger partial charge in [0.25, 0.3) is 11.8 Å². The third-order valence-electron chi connectivity index (χ3n) is 6.93. The summed E-state index contributed by atoms with van der Waals surface area (Å²) in [5, 5.41) is 5.99. The van der Waals surface area contributed by atoms with Gasteiger partial charge in [-0.2, -0.15) is 0 Å². The van der Waals surface area contributed by atoms with E-state index >= 15 is 0 Å². The number of anilines is 2. The van der Waals surface area contributed by atoms with Crippen LogP contribution in [0.15, 0.2) is 48.5 Å². The highest BCUT2D eigenvalue weighted by atomic mass is 16.5. The maximum atomic E-state index is 13.2. The van der Waals surface area contributed by atoms with Gasteiger partial charge in [-0.3, -0.25) is 14.4 Å². The van der Waals surface area contributed by atoms with E-state index in [2.05, 4.69) is 10.6 Å². The van der Waals surface area contributed by atoms with Crippen LogP contribution >= 0.6 is 0 Å². The number of benzene rings is 2. The molecule has 2 aromatic carbocycles. The van der Waals surface area contributed by atoms with Crippen molar-refractivity contribution in [3.05, 3.63) is 54.1 Å². The number of hydrogen-bond acceptors (Lipinski definition) is 6. The van der Waals surface area contributed by atoms with Crippen LogP contribution in [0.4, 0.5) is 11.4 Å². The SMILES string of the molecule is O=C(CN1C[C@@H](C(=O)N2CCOCC2)Oc2ccccc21)Nc1ccccc1C(=O)NC1CCCC1. The molecule has 3 amide bonds. The molecule has 1 saturated carbocycles. The van der Waals surface area contributed by atoms with Gasteiger partial charge in [-0.05, 0) is 37.1 Å². The first-order valence-corrected chi connectivity index (χ1v) is 12.7. The minimum Gasteiger partial charge on any atom is -0.477 e. The molecule has 0 unspecified atom stereocenters. The Balaban J connectivity index is 1.28. The van der Waals surface area contributed by atoms with Crippen molar-refractivity contribution < 1.29 is 23.9 Å². The summed E-state index contributed by atoms with van der Waals surface area (Å²) in [6, 6.07) is 14.6. The molecule has 2 aliphatic heterocycles. The third-order valence-corrected chi connectivity index (χ3v) is 6.93. The molecule has 1 aliphatic carbocycles. The number of ether oxygens (including phenoxy) is 2. The first-order chi connectivity index (χ1) is 17.6. The Labute approximate surface area is 210 Å². The molecule has 1 atom stereocenters. The normalized spacial score (nSPS) is 19.8. The lowest BCUT2D eigenvalue weighted by Gasteiger charge is -2.38. The van der Waals surface area contributed by atoms with Crippen molar-refractivity contribution in [2.24, 2.45) is 0 Å². The van der Waals surface area contributed by atoms with Crippen molar-refractivity contribution >= 4 is 29.1 Å². The van der Waals surface area contributed by atoms with Crippen LogP contribution in [0.5, 0.6) is 5.75 Å². The fourth-order valence-electron chi connectivity index (χ4n) is 5.06. The van der Waals surface area contributed by atoms with Gasteiger partial charge in [0.1, 0.15) is 5.75 Å². The van der Waals surface area contributed by atoms with Crippen molar-refractivity contribution in [3.8, 4) is 5.75 Å². The number of carbonyl (C=O) groups excluding carboxylic acids is 3. The Morgan fingerprint density at radius 1 is 0.944 bits per heavy atom. The van der Waals surface area contributed by atoms with Crippen molar-refractivity contribution in [3.63, 3.8) is 0 Å². The van der Waals surface area contributed by atoms with E-state index in [4.69, 9.17) is 9.47 Å². The summed E-state index contributed by atoms with van der Waals surface area (Å²) in [5.74, 6) is 0.0164. The number of fused-ring (bicyclic) bond motifs is 1. The van der Waals surface area contributed by atoms with Crippen LogP contribution in [0.25, 0.3) is 0 Å². The van der Waals surface area contributed by atoms with E-state index in [0.717, 1.165) is 31.4 Å². The summed E-state index contributed by atoms with van der Waals surface area (Å²) in [5.41, 5.74) is 1.67. The lowest BCUT2D eigenvalue weighted by Crippen LogP contribution is -2.53. The summed E-state index contributed by atoms with van der Waals surface area (Å²) < 4.78 is 11.4. The zero-order valence-electron chi connectivity index (χ0n) is 20.3. The molecule has 2 N–H and O–H groups in total. The molecule has 2 fully saturated rings. The maximum Gasteiger partial charge on any atom is 0.265 e. The van der Waals surface area contributed by atoms with Crippen LogP contribution in [0.1, 0.15) is 36.0 Å². The molecule has 5 rings (SSSR count). The summed E-state index contributed by atoms with van der Waals surface area (Å²) in [6.45, 7) is 2.35. The number of nitrogens with one attached hydrogen (secondary N) is 2. The molecular weight excluding hydrogens is 460 g/mol. The molecule has 190 valence electrons. The van der Waals surface area contributed by atoms with Gasteiger partial charge in [0, 0.05) is 19.1 Å². The van der Waals surface area contributed by atoms with Crippen molar-refractivity contribution in [1.29, 1.82) is 0 Å². The zero-order valence-corrected chi connectivity index (χ0v) is 20.3. The fourth-order valence-corrected chi connectivity index (χ4v) is 5.06. The van der Waals surface area contributed by atoms with Crippen LogP contribution in [0, 0.1) is 0 Å². The van der Waals surface area contributed by atoms with E-state index in [1.165, 1.54) is 0 Å². The second-order valence-corrected chi connectivity index (χ2v) is 9.44. The number of amides is 3. The largest absolute Gasteiger partial charge is 0.477 e. The topological polar surface area (TPSA) is 100 Å². The van der Waals surface area contributed by atoms with Gasteiger partial charge < -0.3 is 29.9 Å². The van der Waals surface area contributed by atoms with Crippen LogP contribution in [-0.4, -0.2) is 74.2 Å². The van der Waals surface area contributed by atoms with E-state index < -0.39 is 6.10 Å². The Bertz CT molecular complexity index is 1110. The van der Waals surface area contributed by atoms with Crippen LogP contribution < -0.4 is 20.3 Å². The van der Waals surface area contributed by atoms with Gasteiger partial charge in [0.2, 0.25) is 5.91 Å². The number of para-hydroxylation sites is 3. The highest BCUT2D eigenvalue weighted by Gasteiger charge is 2.34. The third kappa shape index (κ3) is 5.46. The van der Waals surface area contributed by atoms with Crippen LogP contribution in [0.3, 0.4) is 0 Å². The molecule has 1 saturated heterocycles. The van der Waals surface area contributed by atoms with Gasteiger partial charge in [0.05, 0.1) is 43.2 Å². The van der Waals surface area contributed by atoms with Gasteiger partial charge in [-0.1, -0.05) is 37.1 Å². The summed E-state index contributed by atoms with van der Waals surface area (Å²) in [4.78, 5) is 42.8. The summed E-state index contributed by atoms with van der Waals surface area (Å²) >= 11 is 0. The van der Waals surface area contributed by atoms with Gasteiger partial charge in [0.15, 0.2) is 6.10 Å². The predicted molar refractivity (Wildman–Crippen MR) is 135 cm³/mol. The Hall–Kier alpha value is -3.59. The molecule has 0 spiro atoms.